The highest BCUT2D eigenvalue weighted by atomic mass is 16.3. The third-order valence-corrected chi connectivity index (χ3v) is 2.73. The zero-order valence-corrected chi connectivity index (χ0v) is 7.55. The number of aldehydes is 1. The molecule has 1 rings (SSSR count). The van der Waals surface area contributed by atoms with Gasteiger partial charge in [-0.15, -0.1) is 0 Å². The van der Waals surface area contributed by atoms with Gasteiger partial charge in [-0.05, 0) is 31.4 Å². The van der Waals surface area contributed by atoms with Crippen LogP contribution in [-0.2, 0) is 4.79 Å². The molecule has 0 radical (unpaired) electrons. The van der Waals surface area contributed by atoms with E-state index >= 15 is 0 Å². The molecule has 0 aromatic carbocycles. The fourth-order valence-corrected chi connectivity index (χ4v) is 1.79. The quantitative estimate of drug-likeness (QED) is 0.504. The van der Waals surface area contributed by atoms with Gasteiger partial charge in [0.15, 0.2) is 0 Å². The van der Waals surface area contributed by atoms with Crippen LogP contribution in [0.4, 0.5) is 0 Å². The molecule has 68 valence electrons. The minimum absolute atomic E-state index is 0.681. The van der Waals surface area contributed by atoms with Crippen molar-refractivity contribution in [3.8, 4) is 0 Å². The highest BCUT2D eigenvalue weighted by molar-refractivity contribution is 5.66. The van der Waals surface area contributed by atoms with Crippen LogP contribution in [0.1, 0.15) is 39.0 Å². The molecule has 0 heterocycles. The molecule has 1 N–H and O–H groups in total. The number of rotatable bonds is 2. The van der Waals surface area contributed by atoms with E-state index in [0.29, 0.717) is 0 Å². The summed E-state index contributed by atoms with van der Waals surface area (Å²) in [5.41, 5.74) is 0.135. The molecule has 2 heteroatoms. The van der Waals surface area contributed by atoms with Crippen LogP contribution >= 0.6 is 0 Å². The number of aliphatic hydroxyl groups is 1. The summed E-state index contributed by atoms with van der Waals surface area (Å²) in [5.74, 6) is 0. The molecule has 0 aliphatic heterocycles. The lowest BCUT2D eigenvalue weighted by Gasteiger charge is -2.32. The molecule has 0 unspecified atom stereocenters. The van der Waals surface area contributed by atoms with Gasteiger partial charge in [0.1, 0.15) is 6.29 Å². The van der Waals surface area contributed by atoms with Crippen molar-refractivity contribution in [1.82, 2.24) is 0 Å². The second kappa shape index (κ2) is 3.85. The lowest BCUT2D eigenvalue weighted by molar-refractivity contribution is -0.104. The number of allylic oxidation sites excluding steroid dienone is 1. The SMILES string of the molecule is C/C(=C\C=O)C1(O)CCCCC1. The van der Waals surface area contributed by atoms with Gasteiger partial charge in [0, 0.05) is 0 Å². The molecule has 1 aliphatic rings. The smallest absolute Gasteiger partial charge is 0.142 e. The topological polar surface area (TPSA) is 37.3 Å². The molecule has 0 saturated heterocycles. The Balaban J connectivity index is 2.68. The summed E-state index contributed by atoms with van der Waals surface area (Å²) >= 11 is 0. The predicted octanol–water partition coefficient (Wildman–Crippen LogP) is 1.83. The van der Waals surface area contributed by atoms with Crippen molar-refractivity contribution in [3.05, 3.63) is 11.6 Å². The van der Waals surface area contributed by atoms with Gasteiger partial charge >= 0.3 is 0 Å². The summed E-state index contributed by atoms with van der Waals surface area (Å²) < 4.78 is 0. The molecule has 0 bridgehead atoms. The van der Waals surface area contributed by atoms with Crippen LogP contribution in [0.2, 0.25) is 0 Å². The molecule has 1 fully saturated rings. The summed E-state index contributed by atoms with van der Waals surface area (Å²) in [6.45, 7) is 1.83. The zero-order valence-electron chi connectivity index (χ0n) is 7.55. The van der Waals surface area contributed by atoms with Crippen molar-refractivity contribution >= 4 is 6.29 Å². The molecular formula is C10H16O2. The summed E-state index contributed by atoms with van der Waals surface area (Å²) in [6, 6.07) is 0. The maximum absolute atomic E-state index is 10.2. The van der Waals surface area contributed by atoms with Crippen molar-refractivity contribution in [2.75, 3.05) is 0 Å². The highest BCUT2D eigenvalue weighted by Crippen LogP contribution is 2.33. The predicted molar refractivity (Wildman–Crippen MR) is 47.9 cm³/mol. The summed E-state index contributed by atoms with van der Waals surface area (Å²) in [4.78, 5) is 10.2. The van der Waals surface area contributed by atoms with Crippen LogP contribution in [-0.4, -0.2) is 17.0 Å². The molecule has 1 aliphatic carbocycles. The maximum Gasteiger partial charge on any atom is 0.142 e. The summed E-state index contributed by atoms with van der Waals surface area (Å²) in [6.07, 6.45) is 7.19. The zero-order chi connectivity index (χ0) is 9.03. The Morgan fingerprint density at radius 2 is 1.92 bits per heavy atom. The number of carbonyl (C=O) groups is 1. The lowest BCUT2D eigenvalue weighted by atomic mass is 9.80. The van der Waals surface area contributed by atoms with E-state index in [1.54, 1.807) is 0 Å². The lowest BCUT2D eigenvalue weighted by Crippen LogP contribution is -2.32. The summed E-state index contributed by atoms with van der Waals surface area (Å²) in [7, 11) is 0. The molecule has 0 atom stereocenters. The van der Waals surface area contributed by atoms with E-state index in [9.17, 15) is 9.90 Å². The van der Waals surface area contributed by atoms with E-state index < -0.39 is 5.60 Å². The van der Waals surface area contributed by atoms with Gasteiger partial charge in [-0.25, -0.2) is 0 Å². The first-order valence-electron chi connectivity index (χ1n) is 4.54. The van der Waals surface area contributed by atoms with Gasteiger partial charge < -0.3 is 5.11 Å². The first-order valence-corrected chi connectivity index (χ1v) is 4.54. The average Bonchev–Trinajstić information content (AvgIpc) is 2.06. The van der Waals surface area contributed by atoms with Crippen LogP contribution in [0.25, 0.3) is 0 Å². The Kier molecular flexibility index (Phi) is 3.04. The fourth-order valence-electron chi connectivity index (χ4n) is 1.79. The maximum atomic E-state index is 10.2. The van der Waals surface area contributed by atoms with E-state index in [4.69, 9.17) is 0 Å². The standard InChI is InChI=1S/C10H16O2/c1-9(5-8-11)10(12)6-3-2-4-7-10/h5,8,12H,2-4,6-7H2,1H3/b9-5+. The number of carbonyl (C=O) groups excluding carboxylic acids is 1. The molecule has 0 aromatic heterocycles. The monoisotopic (exact) mass is 168 g/mol. The Morgan fingerprint density at radius 1 is 1.33 bits per heavy atom. The van der Waals surface area contributed by atoms with Crippen molar-refractivity contribution < 1.29 is 9.90 Å². The van der Waals surface area contributed by atoms with Crippen molar-refractivity contribution in [1.29, 1.82) is 0 Å². The Morgan fingerprint density at radius 3 is 2.42 bits per heavy atom. The van der Waals surface area contributed by atoms with Gasteiger partial charge in [0.05, 0.1) is 5.60 Å². The third kappa shape index (κ3) is 1.95. The first kappa shape index (κ1) is 9.46. The second-order valence-electron chi connectivity index (χ2n) is 3.58. The fraction of sp³-hybridized carbons (Fsp3) is 0.700. The van der Waals surface area contributed by atoms with Crippen molar-refractivity contribution in [3.63, 3.8) is 0 Å². The van der Waals surface area contributed by atoms with Gasteiger partial charge in [-0.3, -0.25) is 4.79 Å². The van der Waals surface area contributed by atoms with E-state index in [1.165, 1.54) is 12.5 Å². The largest absolute Gasteiger partial charge is 0.386 e. The Labute approximate surface area is 73.3 Å². The van der Waals surface area contributed by atoms with Gasteiger partial charge in [-0.1, -0.05) is 19.3 Å². The minimum atomic E-state index is -0.681. The number of hydrogen-bond acceptors (Lipinski definition) is 2. The van der Waals surface area contributed by atoms with Crippen LogP contribution < -0.4 is 0 Å². The van der Waals surface area contributed by atoms with E-state index in [2.05, 4.69) is 0 Å². The third-order valence-electron chi connectivity index (χ3n) is 2.73. The molecule has 12 heavy (non-hydrogen) atoms. The van der Waals surface area contributed by atoms with Gasteiger partial charge in [-0.2, -0.15) is 0 Å². The van der Waals surface area contributed by atoms with E-state index in [0.717, 1.165) is 37.5 Å². The van der Waals surface area contributed by atoms with Crippen LogP contribution in [0.5, 0.6) is 0 Å². The molecule has 0 aromatic rings. The Hall–Kier alpha value is -0.630. The van der Waals surface area contributed by atoms with Crippen LogP contribution in [0.3, 0.4) is 0 Å². The molecule has 1 saturated carbocycles. The van der Waals surface area contributed by atoms with Gasteiger partial charge in [0.2, 0.25) is 0 Å². The molecular weight excluding hydrogens is 152 g/mol. The Bertz CT molecular complexity index is 188. The first-order chi connectivity index (χ1) is 5.69. The van der Waals surface area contributed by atoms with Crippen molar-refractivity contribution in [2.45, 2.75) is 44.6 Å². The molecule has 0 amide bonds. The van der Waals surface area contributed by atoms with E-state index in [-0.39, 0.29) is 0 Å². The normalized spacial score (nSPS) is 23.7. The molecule has 0 spiro atoms. The minimum Gasteiger partial charge on any atom is -0.386 e. The highest BCUT2D eigenvalue weighted by Gasteiger charge is 2.30. The second-order valence-corrected chi connectivity index (χ2v) is 3.58. The number of hydrogen-bond donors (Lipinski definition) is 1. The average molecular weight is 168 g/mol. The summed E-state index contributed by atoms with van der Waals surface area (Å²) in [5, 5.41) is 10.0. The molecule has 2 nitrogen and oxygen atoms in total. The van der Waals surface area contributed by atoms with Crippen LogP contribution in [0.15, 0.2) is 11.6 Å². The van der Waals surface area contributed by atoms with Crippen LogP contribution in [0, 0.1) is 0 Å². The van der Waals surface area contributed by atoms with Crippen molar-refractivity contribution in [2.24, 2.45) is 0 Å². The van der Waals surface area contributed by atoms with E-state index in [1.807, 2.05) is 6.92 Å². The van der Waals surface area contributed by atoms with Gasteiger partial charge in [0.25, 0.3) is 0 Å².